The second kappa shape index (κ2) is 7.72. The summed E-state index contributed by atoms with van der Waals surface area (Å²) < 4.78 is 80.6. The molecule has 0 atom stereocenters. The molecule has 0 N–H and O–H groups in total. The predicted octanol–water partition coefficient (Wildman–Crippen LogP) is 7.96. The Kier molecular flexibility index (Phi) is 5.35. The first kappa shape index (κ1) is 21.5. The van der Waals surface area contributed by atoms with Gasteiger partial charge in [-0.3, -0.25) is 0 Å². The highest BCUT2D eigenvalue weighted by Gasteiger charge is 2.37. The number of para-hydroxylation sites is 1. The monoisotopic (exact) mass is 472 g/mol. The van der Waals surface area contributed by atoms with E-state index in [2.05, 4.69) is 5.10 Å². The van der Waals surface area contributed by atoms with E-state index in [4.69, 9.17) is 11.6 Å². The maximum Gasteiger partial charge on any atom is 0.416 e. The van der Waals surface area contributed by atoms with Crippen LogP contribution in [0.15, 0.2) is 66.9 Å². The summed E-state index contributed by atoms with van der Waals surface area (Å²) in [5.74, 6) is 0. The molecule has 0 radical (unpaired) electrons. The van der Waals surface area contributed by atoms with Gasteiger partial charge >= 0.3 is 12.4 Å². The van der Waals surface area contributed by atoms with Crippen LogP contribution in [0.1, 0.15) is 11.1 Å². The van der Waals surface area contributed by atoms with Crippen molar-refractivity contribution in [2.75, 3.05) is 0 Å². The Morgan fingerprint density at radius 1 is 0.774 bits per heavy atom. The number of nitrogens with zero attached hydrogens (tertiary/aromatic N) is 2. The molecule has 160 valence electrons. The Hall–Kier alpha value is -2.78. The number of halogens is 7. The number of rotatable bonds is 3. The summed E-state index contributed by atoms with van der Waals surface area (Å²) in [5.41, 5.74) is -1.67. The van der Waals surface area contributed by atoms with Crippen molar-refractivity contribution in [1.82, 2.24) is 9.78 Å². The number of benzene rings is 2. The van der Waals surface area contributed by atoms with Crippen molar-refractivity contribution < 1.29 is 26.3 Å². The van der Waals surface area contributed by atoms with E-state index < -0.39 is 23.5 Å². The quantitative estimate of drug-likeness (QED) is 0.276. The first-order valence-corrected chi connectivity index (χ1v) is 9.92. The topological polar surface area (TPSA) is 17.8 Å². The van der Waals surface area contributed by atoms with Crippen LogP contribution in [0.5, 0.6) is 0 Å². The summed E-state index contributed by atoms with van der Waals surface area (Å²) in [7, 11) is 0. The number of hydrogen-bond acceptors (Lipinski definition) is 2. The van der Waals surface area contributed by atoms with Crippen molar-refractivity contribution >= 4 is 22.9 Å². The predicted molar refractivity (Wildman–Crippen MR) is 107 cm³/mol. The molecule has 0 fully saturated rings. The normalized spacial score (nSPS) is 12.4. The van der Waals surface area contributed by atoms with E-state index in [1.807, 2.05) is 0 Å². The molecule has 0 aliphatic heterocycles. The molecule has 2 heterocycles. The van der Waals surface area contributed by atoms with Gasteiger partial charge in [0.25, 0.3) is 0 Å². The van der Waals surface area contributed by atoms with E-state index in [-0.39, 0.29) is 16.5 Å². The summed E-state index contributed by atoms with van der Waals surface area (Å²) in [4.78, 5) is 0.872. The van der Waals surface area contributed by atoms with Gasteiger partial charge in [-0.2, -0.15) is 31.4 Å². The standard InChI is InChI=1S/C21H11ClF6N2S/c22-15-3-1-2-4-16(15)30-17(7-8-29-30)19-6-5-18(31-19)12-9-13(20(23,24)25)11-14(10-12)21(26,27)28/h1-11H. The molecule has 0 saturated heterocycles. The lowest BCUT2D eigenvalue weighted by atomic mass is 10.0. The second-order valence-corrected chi connectivity index (χ2v) is 8.03. The fraction of sp³-hybridized carbons (Fsp3) is 0.0952. The van der Waals surface area contributed by atoms with E-state index in [1.54, 1.807) is 41.1 Å². The van der Waals surface area contributed by atoms with E-state index >= 15 is 0 Å². The molecule has 0 amide bonds. The fourth-order valence-corrected chi connectivity index (χ4v) is 4.25. The zero-order valence-corrected chi connectivity index (χ0v) is 16.9. The average Bonchev–Trinajstić information content (AvgIpc) is 3.36. The minimum atomic E-state index is -4.90. The molecule has 2 aromatic heterocycles. The minimum Gasteiger partial charge on any atom is -0.231 e. The van der Waals surface area contributed by atoms with E-state index in [1.165, 1.54) is 12.3 Å². The fourth-order valence-electron chi connectivity index (χ4n) is 3.03. The number of hydrogen-bond donors (Lipinski definition) is 0. The van der Waals surface area contributed by atoms with Crippen molar-refractivity contribution in [2.45, 2.75) is 12.4 Å². The Morgan fingerprint density at radius 3 is 2.00 bits per heavy atom. The maximum atomic E-state index is 13.2. The molecule has 0 unspecified atom stereocenters. The van der Waals surface area contributed by atoms with Gasteiger partial charge in [0, 0.05) is 4.88 Å². The van der Waals surface area contributed by atoms with Gasteiger partial charge < -0.3 is 0 Å². The van der Waals surface area contributed by atoms with Crippen LogP contribution in [-0.2, 0) is 12.4 Å². The molecule has 0 bridgehead atoms. The van der Waals surface area contributed by atoms with Gasteiger partial charge in [0.2, 0.25) is 0 Å². The molecule has 4 rings (SSSR count). The van der Waals surface area contributed by atoms with Gasteiger partial charge in [-0.15, -0.1) is 11.3 Å². The van der Waals surface area contributed by atoms with Crippen LogP contribution >= 0.6 is 22.9 Å². The van der Waals surface area contributed by atoms with Crippen LogP contribution in [0.25, 0.3) is 26.7 Å². The zero-order chi connectivity index (χ0) is 22.4. The van der Waals surface area contributed by atoms with Gasteiger partial charge in [0.1, 0.15) is 0 Å². The minimum absolute atomic E-state index is 0.116. The average molecular weight is 473 g/mol. The Labute approximate surface area is 181 Å². The van der Waals surface area contributed by atoms with Crippen LogP contribution in [0.4, 0.5) is 26.3 Å². The van der Waals surface area contributed by atoms with Crippen molar-refractivity contribution in [1.29, 1.82) is 0 Å². The molecule has 0 saturated carbocycles. The Morgan fingerprint density at radius 2 is 1.39 bits per heavy atom. The second-order valence-electron chi connectivity index (χ2n) is 6.54. The lowest BCUT2D eigenvalue weighted by Crippen LogP contribution is -2.10. The number of thiophene rings is 1. The molecule has 31 heavy (non-hydrogen) atoms. The van der Waals surface area contributed by atoms with Gasteiger partial charge in [0.15, 0.2) is 0 Å². The lowest BCUT2D eigenvalue weighted by molar-refractivity contribution is -0.143. The molecular weight excluding hydrogens is 462 g/mol. The van der Waals surface area contributed by atoms with Crippen molar-refractivity contribution in [3.05, 3.63) is 83.0 Å². The summed E-state index contributed by atoms with van der Waals surface area (Å²) in [5, 5.41) is 4.68. The molecule has 4 aromatic rings. The Bertz CT molecular complexity index is 1210. The highest BCUT2D eigenvalue weighted by molar-refractivity contribution is 7.18. The van der Waals surface area contributed by atoms with Crippen LogP contribution in [0, 0.1) is 0 Å². The van der Waals surface area contributed by atoms with E-state index in [0.29, 0.717) is 21.3 Å². The molecule has 0 aliphatic rings. The molecular formula is C21H11ClF6N2S. The molecule has 2 aromatic carbocycles. The zero-order valence-electron chi connectivity index (χ0n) is 15.3. The molecule has 10 heteroatoms. The summed E-state index contributed by atoms with van der Waals surface area (Å²) in [6.45, 7) is 0. The third-order valence-corrected chi connectivity index (χ3v) is 5.93. The first-order chi connectivity index (χ1) is 14.5. The van der Waals surface area contributed by atoms with Crippen LogP contribution in [-0.4, -0.2) is 9.78 Å². The smallest absolute Gasteiger partial charge is 0.231 e. The summed E-state index contributed by atoms with van der Waals surface area (Å²) in [6.07, 6.45) is -8.28. The van der Waals surface area contributed by atoms with Gasteiger partial charge in [-0.1, -0.05) is 23.7 Å². The van der Waals surface area contributed by atoms with E-state index in [0.717, 1.165) is 23.5 Å². The van der Waals surface area contributed by atoms with Crippen molar-refractivity contribution in [2.24, 2.45) is 0 Å². The number of aromatic nitrogens is 2. The summed E-state index contributed by atoms with van der Waals surface area (Å²) in [6, 6.07) is 13.3. The largest absolute Gasteiger partial charge is 0.416 e. The van der Waals surface area contributed by atoms with Crippen LogP contribution in [0.3, 0.4) is 0 Å². The molecule has 0 spiro atoms. The van der Waals surface area contributed by atoms with Crippen molar-refractivity contribution in [3.8, 4) is 26.7 Å². The van der Waals surface area contributed by atoms with Gasteiger partial charge in [-0.25, -0.2) is 4.68 Å². The van der Waals surface area contributed by atoms with Gasteiger partial charge in [-0.05, 0) is 54.1 Å². The highest BCUT2D eigenvalue weighted by Crippen LogP contribution is 2.41. The molecule has 2 nitrogen and oxygen atoms in total. The van der Waals surface area contributed by atoms with Crippen LogP contribution < -0.4 is 0 Å². The highest BCUT2D eigenvalue weighted by atomic mass is 35.5. The summed E-state index contributed by atoms with van der Waals surface area (Å²) >= 11 is 7.28. The SMILES string of the molecule is FC(F)(F)c1cc(-c2ccc(-c3ccnn3-c3ccccc3Cl)s2)cc(C(F)(F)F)c1. The first-order valence-electron chi connectivity index (χ1n) is 8.73. The lowest BCUT2D eigenvalue weighted by Gasteiger charge is -2.13. The molecule has 0 aliphatic carbocycles. The third kappa shape index (κ3) is 4.33. The van der Waals surface area contributed by atoms with Crippen LogP contribution in [0.2, 0.25) is 5.02 Å². The number of alkyl halides is 6. The maximum absolute atomic E-state index is 13.2. The Balaban J connectivity index is 1.79. The van der Waals surface area contributed by atoms with Crippen molar-refractivity contribution in [3.63, 3.8) is 0 Å². The van der Waals surface area contributed by atoms with E-state index in [9.17, 15) is 26.3 Å². The third-order valence-electron chi connectivity index (χ3n) is 4.45. The van der Waals surface area contributed by atoms with Gasteiger partial charge in [0.05, 0.1) is 38.6 Å².